The molecule has 0 radical (unpaired) electrons. The maximum Gasteiger partial charge on any atom is 0.234 e. The van der Waals surface area contributed by atoms with Gasteiger partial charge in [0, 0.05) is 19.1 Å². The minimum Gasteiger partial charge on any atom is -0.352 e. The summed E-state index contributed by atoms with van der Waals surface area (Å²) in [7, 11) is 0. The highest BCUT2D eigenvalue weighted by Crippen LogP contribution is 2.23. The van der Waals surface area contributed by atoms with Gasteiger partial charge in [-0.15, -0.1) is 0 Å². The molecule has 0 bridgehead atoms. The number of nitrogens with one attached hydrogen (secondary N) is 1. The summed E-state index contributed by atoms with van der Waals surface area (Å²) in [6, 6.07) is 0.394. The normalized spacial score (nSPS) is 28.0. The highest BCUT2D eigenvalue weighted by molar-refractivity contribution is 5.78. The van der Waals surface area contributed by atoms with E-state index in [9.17, 15) is 4.79 Å². The average molecular weight is 348 g/mol. The Morgan fingerprint density at radius 1 is 1.20 bits per heavy atom. The Morgan fingerprint density at radius 3 is 2.64 bits per heavy atom. The summed E-state index contributed by atoms with van der Waals surface area (Å²) in [6.45, 7) is 9.72. The van der Waals surface area contributed by atoms with Gasteiger partial charge in [0.15, 0.2) is 0 Å². The van der Waals surface area contributed by atoms with E-state index in [-0.39, 0.29) is 5.91 Å². The molecular weight excluding hydrogens is 314 g/mol. The molecule has 1 aliphatic carbocycles. The van der Waals surface area contributed by atoms with Gasteiger partial charge in [-0.25, -0.2) is 9.67 Å². The van der Waals surface area contributed by atoms with E-state index in [1.54, 1.807) is 0 Å². The second kappa shape index (κ2) is 8.30. The summed E-state index contributed by atoms with van der Waals surface area (Å²) in [5.74, 6) is 3.40. The second-order valence-corrected chi connectivity index (χ2v) is 8.16. The number of hydrogen-bond donors (Lipinski definition) is 1. The second-order valence-electron chi connectivity index (χ2n) is 8.16. The van der Waals surface area contributed by atoms with E-state index >= 15 is 0 Å². The van der Waals surface area contributed by atoms with E-state index < -0.39 is 0 Å². The Morgan fingerprint density at radius 2 is 1.96 bits per heavy atom. The quantitative estimate of drug-likeness (QED) is 0.888. The Balaban J connectivity index is 1.44. The maximum absolute atomic E-state index is 12.4. The minimum atomic E-state index is 0.202. The number of nitrogens with zero attached hydrogens (tertiary/aromatic N) is 4. The van der Waals surface area contributed by atoms with E-state index in [4.69, 9.17) is 0 Å². The van der Waals surface area contributed by atoms with Crippen LogP contribution in [0.3, 0.4) is 0 Å². The molecule has 1 N–H and O–H groups in total. The van der Waals surface area contributed by atoms with Gasteiger partial charge in [0.05, 0.1) is 6.54 Å². The predicted molar refractivity (Wildman–Crippen MR) is 98.2 cm³/mol. The standard InChI is InChI=1S/C19H33N5O/c1-14-6-8-18(9-7-14)21-19(25)13-23-10-4-5-17(11-23)12-24-16(3)20-15(2)22-24/h14,17-18H,4-13H2,1-3H3,(H,21,25)/t14?,17-,18?/m0/s1. The van der Waals surface area contributed by atoms with E-state index in [0.717, 1.165) is 56.5 Å². The van der Waals surface area contributed by atoms with Crippen LogP contribution in [0.1, 0.15) is 57.1 Å². The molecule has 1 amide bonds. The first-order valence-corrected chi connectivity index (χ1v) is 9.89. The molecule has 2 fully saturated rings. The van der Waals surface area contributed by atoms with Gasteiger partial charge in [-0.3, -0.25) is 9.69 Å². The van der Waals surface area contributed by atoms with Gasteiger partial charge in [-0.1, -0.05) is 6.92 Å². The molecule has 0 spiro atoms. The number of amides is 1. The van der Waals surface area contributed by atoms with Crippen molar-refractivity contribution in [3.8, 4) is 0 Å². The van der Waals surface area contributed by atoms with Gasteiger partial charge in [-0.2, -0.15) is 5.10 Å². The van der Waals surface area contributed by atoms with E-state index in [1.807, 2.05) is 18.5 Å². The summed E-state index contributed by atoms with van der Waals surface area (Å²) in [5.41, 5.74) is 0. The molecule has 1 aliphatic heterocycles. The molecule has 2 heterocycles. The van der Waals surface area contributed by atoms with Crippen LogP contribution >= 0.6 is 0 Å². The Kier molecular flexibility index (Phi) is 6.10. The average Bonchev–Trinajstić information content (AvgIpc) is 2.87. The SMILES string of the molecule is Cc1nc(C)n(C[C@H]2CCCN(CC(=O)NC3CCC(C)CC3)C2)n1. The Bertz CT molecular complexity index is 576. The zero-order valence-corrected chi connectivity index (χ0v) is 16.0. The van der Waals surface area contributed by atoms with E-state index in [1.165, 1.54) is 19.3 Å². The van der Waals surface area contributed by atoms with Crippen molar-refractivity contribution in [3.05, 3.63) is 11.6 Å². The third-order valence-electron chi connectivity index (χ3n) is 5.75. The summed E-state index contributed by atoms with van der Waals surface area (Å²) >= 11 is 0. The minimum absolute atomic E-state index is 0.202. The molecule has 2 aliphatic rings. The van der Waals surface area contributed by atoms with Crippen molar-refractivity contribution in [1.29, 1.82) is 0 Å². The van der Waals surface area contributed by atoms with Crippen LogP contribution in [0.25, 0.3) is 0 Å². The van der Waals surface area contributed by atoms with Crippen molar-refractivity contribution in [1.82, 2.24) is 25.0 Å². The molecule has 1 saturated carbocycles. The maximum atomic E-state index is 12.4. The lowest BCUT2D eigenvalue weighted by Crippen LogP contribution is -2.46. The summed E-state index contributed by atoms with van der Waals surface area (Å²) < 4.78 is 2.02. The van der Waals surface area contributed by atoms with E-state index in [0.29, 0.717) is 18.5 Å². The molecule has 0 aromatic carbocycles. The molecule has 1 aromatic rings. The van der Waals surface area contributed by atoms with Crippen LogP contribution in [-0.4, -0.2) is 51.2 Å². The molecule has 140 valence electrons. The molecule has 6 heteroatoms. The van der Waals surface area contributed by atoms with Crippen molar-refractivity contribution in [2.24, 2.45) is 11.8 Å². The highest BCUT2D eigenvalue weighted by Gasteiger charge is 2.24. The fraction of sp³-hybridized carbons (Fsp3) is 0.842. The monoisotopic (exact) mass is 347 g/mol. The molecule has 6 nitrogen and oxygen atoms in total. The summed E-state index contributed by atoms with van der Waals surface area (Å²) in [4.78, 5) is 19.1. The summed E-state index contributed by atoms with van der Waals surface area (Å²) in [5, 5.41) is 7.74. The lowest BCUT2D eigenvalue weighted by molar-refractivity contribution is -0.123. The number of carbonyl (C=O) groups is 1. The fourth-order valence-electron chi connectivity index (χ4n) is 4.30. The number of rotatable bonds is 5. The highest BCUT2D eigenvalue weighted by atomic mass is 16.2. The van der Waals surface area contributed by atoms with Gasteiger partial charge in [0.25, 0.3) is 0 Å². The van der Waals surface area contributed by atoms with Gasteiger partial charge in [-0.05, 0) is 70.8 Å². The third kappa shape index (κ3) is 5.27. The van der Waals surface area contributed by atoms with Crippen LogP contribution in [0, 0.1) is 25.7 Å². The molecular formula is C19H33N5O. The zero-order valence-electron chi connectivity index (χ0n) is 16.0. The number of piperidine rings is 1. The van der Waals surface area contributed by atoms with Crippen LogP contribution in [0.5, 0.6) is 0 Å². The van der Waals surface area contributed by atoms with Gasteiger partial charge < -0.3 is 5.32 Å². The smallest absolute Gasteiger partial charge is 0.234 e. The van der Waals surface area contributed by atoms with E-state index in [2.05, 4.69) is 27.2 Å². The number of aromatic nitrogens is 3. The lowest BCUT2D eigenvalue weighted by atomic mass is 9.87. The summed E-state index contributed by atoms with van der Waals surface area (Å²) in [6.07, 6.45) is 7.13. The molecule has 3 rings (SSSR count). The van der Waals surface area contributed by atoms with Crippen LogP contribution in [0.4, 0.5) is 0 Å². The van der Waals surface area contributed by atoms with Gasteiger partial charge in [0.2, 0.25) is 5.91 Å². The van der Waals surface area contributed by atoms with Crippen LogP contribution in [0.2, 0.25) is 0 Å². The number of carbonyl (C=O) groups excluding carboxylic acids is 1. The van der Waals surface area contributed by atoms with Gasteiger partial charge >= 0.3 is 0 Å². The first kappa shape index (κ1) is 18.4. The number of likely N-dealkylation sites (tertiary alicyclic amines) is 1. The topological polar surface area (TPSA) is 63.1 Å². The van der Waals surface area contributed by atoms with Crippen molar-refractivity contribution < 1.29 is 4.79 Å². The number of aryl methyl sites for hydroxylation is 2. The Labute approximate surface area is 151 Å². The number of hydrogen-bond acceptors (Lipinski definition) is 4. The van der Waals surface area contributed by atoms with Crippen LogP contribution in [0.15, 0.2) is 0 Å². The predicted octanol–water partition coefficient (Wildman–Crippen LogP) is 2.30. The van der Waals surface area contributed by atoms with Crippen molar-refractivity contribution in [2.75, 3.05) is 19.6 Å². The molecule has 0 unspecified atom stereocenters. The lowest BCUT2D eigenvalue weighted by Gasteiger charge is -2.33. The molecule has 1 aromatic heterocycles. The zero-order chi connectivity index (χ0) is 17.8. The fourth-order valence-corrected chi connectivity index (χ4v) is 4.30. The van der Waals surface area contributed by atoms with Crippen LogP contribution < -0.4 is 5.32 Å². The van der Waals surface area contributed by atoms with Crippen molar-refractivity contribution in [3.63, 3.8) is 0 Å². The van der Waals surface area contributed by atoms with Crippen molar-refractivity contribution in [2.45, 2.75) is 71.9 Å². The first-order valence-electron chi connectivity index (χ1n) is 9.89. The first-order chi connectivity index (χ1) is 12.0. The Hall–Kier alpha value is -1.43. The molecule has 1 atom stereocenters. The van der Waals surface area contributed by atoms with Crippen molar-refractivity contribution >= 4 is 5.91 Å². The molecule has 25 heavy (non-hydrogen) atoms. The van der Waals surface area contributed by atoms with Crippen LogP contribution in [-0.2, 0) is 11.3 Å². The van der Waals surface area contributed by atoms with Gasteiger partial charge in [0.1, 0.15) is 11.6 Å². The third-order valence-corrected chi connectivity index (χ3v) is 5.75. The largest absolute Gasteiger partial charge is 0.352 e. The molecule has 1 saturated heterocycles.